The maximum atomic E-state index is 11.7. The summed E-state index contributed by atoms with van der Waals surface area (Å²) < 4.78 is 23.4. The maximum absolute atomic E-state index is 11.7. The molecule has 0 fully saturated rings. The molecule has 0 unspecified atom stereocenters. The van der Waals surface area contributed by atoms with Gasteiger partial charge in [0, 0.05) is 18.1 Å². The zero-order valence-electron chi connectivity index (χ0n) is 6.00. The summed E-state index contributed by atoms with van der Waals surface area (Å²) in [6.45, 7) is 0. The van der Waals surface area contributed by atoms with Gasteiger partial charge in [-0.15, -0.1) is 0 Å². The normalized spacial score (nSPS) is 9.92. The number of pyridine rings is 1. The molecular weight excluding hydrogens is 166 g/mol. The van der Waals surface area contributed by atoms with E-state index in [1.54, 1.807) is 0 Å². The smallest absolute Gasteiger partial charge is 0.315 e. The first-order valence-corrected chi connectivity index (χ1v) is 3.19. The van der Waals surface area contributed by atoms with E-state index in [1.807, 2.05) is 5.32 Å². The Morgan fingerprint density at radius 3 is 2.50 bits per heavy atom. The van der Waals surface area contributed by atoms with Crippen LogP contribution in [0.3, 0.4) is 0 Å². The summed E-state index contributed by atoms with van der Waals surface area (Å²) in [5.74, 6) is -1.30. The van der Waals surface area contributed by atoms with Crippen molar-refractivity contribution in [3.8, 4) is 0 Å². The third-order valence-electron chi connectivity index (χ3n) is 1.15. The Morgan fingerprint density at radius 1 is 1.42 bits per heavy atom. The first kappa shape index (κ1) is 8.58. The second-order valence-electron chi connectivity index (χ2n) is 2.03. The van der Waals surface area contributed by atoms with Gasteiger partial charge in [0.05, 0.1) is 0 Å². The third kappa shape index (κ3) is 2.26. The minimum atomic E-state index is -2.99. The van der Waals surface area contributed by atoms with Gasteiger partial charge in [-0.1, -0.05) is 0 Å². The lowest BCUT2D eigenvalue weighted by Gasteiger charge is -2.01. The van der Waals surface area contributed by atoms with E-state index in [0.717, 1.165) is 0 Å². The Morgan fingerprint density at radius 2 is 2.00 bits per heavy atom. The van der Waals surface area contributed by atoms with Crippen molar-refractivity contribution in [1.82, 2.24) is 4.98 Å². The highest BCUT2D eigenvalue weighted by Gasteiger charge is 2.14. The van der Waals surface area contributed by atoms with Crippen LogP contribution in [-0.4, -0.2) is 17.3 Å². The molecule has 0 spiro atoms. The molecule has 64 valence electrons. The molecule has 12 heavy (non-hydrogen) atoms. The molecule has 5 heteroatoms. The van der Waals surface area contributed by atoms with Crippen molar-refractivity contribution in [2.45, 2.75) is 6.43 Å². The Kier molecular flexibility index (Phi) is 2.68. The van der Waals surface area contributed by atoms with Crippen molar-refractivity contribution in [3.05, 3.63) is 24.5 Å². The summed E-state index contributed by atoms with van der Waals surface area (Å²) >= 11 is 0. The number of carbonyl (C=O) groups is 1. The fourth-order valence-corrected chi connectivity index (χ4v) is 0.632. The van der Waals surface area contributed by atoms with Crippen LogP contribution >= 0.6 is 0 Å². The predicted molar refractivity (Wildman–Crippen MR) is 38.9 cm³/mol. The largest absolute Gasteiger partial charge is 0.321 e. The van der Waals surface area contributed by atoms with E-state index in [-0.39, 0.29) is 0 Å². The number of anilines is 1. The number of nitrogens with one attached hydrogen (secondary N) is 1. The van der Waals surface area contributed by atoms with E-state index in [1.165, 1.54) is 24.5 Å². The van der Waals surface area contributed by atoms with Gasteiger partial charge in [-0.05, 0) is 12.1 Å². The first-order valence-electron chi connectivity index (χ1n) is 3.19. The molecule has 0 aliphatic heterocycles. The van der Waals surface area contributed by atoms with Crippen molar-refractivity contribution in [3.63, 3.8) is 0 Å². The van der Waals surface area contributed by atoms with Crippen LogP contribution in [0.5, 0.6) is 0 Å². The minimum absolute atomic E-state index is 0.315. The predicted octanol–water partition coefficient (Wildman–Crippen LogP) is 1.29. The van der Waals surface area contributed by atoms with Gasteiger partial charge in [-0.3, -0.25) is 9.78 Å². The van der Waals surface area contributed by atoms with Crippen LogP contribution in [0.1, 0.15) is 0 Å². The van der Waals surface area contributed by atoms with E-state index in [2.05, 4.69) is 4.98 Å². The summed E-state index contributed by atoms with van der Waals surface area (Å²) in [5.41, 5.74) is 0.315. The molecule has 0 saturated carbocycles. The maximum Gasteiger partial charge on any atom is 0.315 e. The number of amides is 1. The molecule has 1 aromatic heterocycles. The fraction of sp³-hybridized carbons (Fsp3) is 0.143. The number of aromatic nitrogens is 1. The van der Waals surface area contributed by atoms with Crippen LogP contribution in [0.4, 0.5) is 14.5 Å². The number of carbonyl (C=O) groups excluding carboxylic acids is 1. The van der Waals surface area contributed by atoms with Crippen LogP contribution in [0, 0.1) is 0 Å². The molecular formula is C7H6F2N2O. The quantitative estimate of drug-likeness (QED) is 0.730. The van der Waals surface area contributed by atoms with Crippen molar-refractivity contribution >= 4 is 11.6 Å². The molecule has 1 heterocycles. The summed E-state index contributed by atoms with van der Waals surface area (Å²) in [7, 11) is 0. The van der Waals surface area contributed by atoms with E-state index in [4.69, 9.17) is 0 Å². The summed E-state index contributed by atoms with van der Waals surface area (Å²) in [4.78, 5) is 14.1. The average molecular weight is 172 g/mol. The lowest BCUT2D eigenvalue weighted by molar-refractivity contribution is -0.126. The van der Waals surface area contributed by atoms with Crippen molar-refractivity contribution in [1.29, 1.82) is 0 Å². The van der Waals surface area contributed by atoms with Gasteiger partial charge in [0.25, 0.3) is 5.91 Å². The lowest BCUT2D eigenvalue weighted by atomic mass is 10.4. The molecule has 0 aliphatic rings. The molecule has 0 saturated heterocycles. The first-order chi connectivity index (χ1) is 5.70. The summed E-state index contributed by atoms with van der Waals surface area (Å²) in [5, 5.41) is 2.01. The molecule has 0 atom stereocenters. The van der Waals surface area contributed by atoms with Gasteiger partial charge in [-0.2, -0.15) is 8.78 Å². The topological polar surface area (TPSA) is 42.0 Å². The molecule has 1 aromatic rings. The van der Waals surface area contributed by atoms with Crippen LogP contribution in [0.2, 0.25) is 0 Å². The fourth-order valence-electron chi connectivity index (χ4n) is 0.632. The van der Waals surface area contributed by atoms with Gasteiger partial charge >= 0.3 is 6.43 Å². The molecule has 0 radical (unpaired) electrons. The van der Waals surface area contributed by atoms with Crippen molar-refractivity contribution < 1.29 is 13.6 Å². The third-order valence-corrected chi connectivity index (χ3v) is 1.15. The number of hydrogen-bond acceptors (Lipinski definition) is 2. The Balaban J connectivity index is 2.59. The monoisotopic (exact) mass is 172 g/mol. The highest BCUT2D eigenvalue weighted by atomic mass is 19.3. The lowest BCUT2D eigenvalue weighted by Crippen LogP contribution is -2.19. The Bertz CT molecular complexity index is 263. The second kappa shape index (κ2) is 3.75. The summed E-state index contributed by atoms with van der Waals surface area (Å²) in [6, 6.07) is 2.86. The van der Waals surface area contributed by atoms with Gasteiger partial charge in [0.2, 0.25) is 0 Å². The van der Waals surface area contributed by atoms with Gasteiger partial charge in [-0.25, -0.2) is 0 Å². The number of hydrogen-bond donors (Lipinski definition) is 1. The molecule has 0 aromatic carbocycles. The Labute approximate surface area is 67.4 Å². The van der Waals surface area contributed by atoms with Crippen molar-refractivity contribution in [2.24, 2.45) is 0 Å². The SMILES string of the molecule is O=C(Nc1ccncc1)C(F)F. The summed E-state index contributed by atoms with van der Waals surface area (Å²) in [6.07, 6.45) is -0.180. The molecule has 3 nitrogen and oxygen atoms in total. The van der Waals surface area contributed by atoms with Gasteiger partial charge in [0.15, 0.2) is 0 Å². The Hall–Kier alpha value is -1.52. The highest BCUT2D eigenvalue weighted by molar-refractivity contribution is 5.92. The minimum Gasteiger partial charge on any atom is -0.321 e. The number of alkyl halides is 2. The van der Waals surface area contributed by atoms with Crippen LogP contribution in [0.15, 0.2) is 24.5 Å². The van der Waals surface area contributed by atoms with E-state index in [0.29, 0.717) is 5.69 Å². The number of halogens is 2. The number of nitrogens with zero attached hydrogens (tertiary/aromatic N) is 1. The molecule has 0 aliphatic carbocycles. The zero-order valence-corrected chi connectivity index (χ0v) is 6.00. The van der Waals surface area contributed by atoms with E-state index >= 15 is 0 Å². The van der Waals surface area contributed by atoms with Gasteiger partial charge < -0.3 is 5.32 Å². The molecule has 0 bridgehead atoms. The van der Waals surface area contributed by atoms with Crippen LogP contribution < -0.4 is 5.32 Å². The molecule has 1 N–H and O–H groups in total. The molecule has 1 rings (SSSR count). The standard InChI is InChI=1S/C7H6F2N2O/c8-6(9)7(12)11-5-1-3-10-4-2-5/h1-4,6H,(H,10,11,12). The van der Waals surface area contributed by atoms with E-state index in [9.17, 15) is 13.6 Å². The zero-order chi connectivity index (χ0) is 8.97. The van der Waals surface area contributed by atoms with E-state index < -0.39 is 12.3 Å². The highest BCUT2D eigenvalue weighted by Crippen LogP contribution is 2.05. The molecule has 1 amide bonds. The van der Waals surface area contributed by atoms with Crippen LogP contribution in [0.25, 0.3) is 0 Å². The average Bonchev–Trinajstić information content (AvgIpc) is 2.06. The van der Waals surface area contributed by atoms with Gasteiger partial charge in [0.1, 0.15) is 0 Å². The second-order valence-corrected chi connectivity index (χ2v) is 2.03. The number of rotatable bonds is 2. The van der Waals surface area contributed by atoms with Crippen molar-refractivity contribution in [2.75, 3.05) is 5.32 Å². The van der Waals surface area contributed by atoms with Crippen LogP contribution in [-0.2, 0) is 4.79 Å².